The van der Waals surface area contributed by atoms with Gasteiger partial charge in [-0.15, -0.1) is 0 Å². The molecule has 0 saturated carbocycles. The quantitative estimate of drug-likeness (QED) is 0.708. The molecule has 0 saturated heterocycles. The van der Waals surface area contributed by atoms with Gasteiger partial charge in [-0.1, -0.05) is 36.8 Å². The second-order valence-electron chi connectivity index (χ2n) is 3.84. The van der Waals surface area contributed by atoms with Gasteiger partial charge in [-0.2, -0.15) is 0 Å². The molecule has 0 aliphatic rings. The van der Waals surface area contributed by atoms with Gasteiger partial charge in [0.25, 0.3) is 0 Å². The molecule has 0 spiro atoms. The second kappa shape index (κ2) is 5.54. The Morgan fingerprint density at radius 3 is 2.47 bits per heavy atom. The number of hydrogen-bond donors (Lipinski definition) is 0. The molecule has 0 aliphatic heterocycles. The van der Waals surface area contributed by atoms with Crippen molar-refractivity contribution in [1.82, 2.24) is 0 Å². The SMILES string of the molecule is CCC(=O)OC(C)Cc1ccc(C)cc1. The molecule has 0 aliphatic carbocycles. The average Bonchev–Trinajstić information content (AvgIpc) is 2.21. The van der Waals surface area contributed by atoms with Gasteiger partial charge >= 0.3 is 5.97 Å². The molecule has 0 amide bonds. The zero-order chi connectivity index (χ0) is 11.3. The summed E-state index contributed by atoms with van der Waals surface area (Å²) in [7, 11) is 0. The molecule has 15 heavy (non-hydrogen) atoms. The summed E-state index contributed by atoms with van der Waals surface area (Å²) in [4.78, 5) is 11.0. The number of aryl methyl sites for hydroxylation is 1. The zero-order valence-corrected chi connectivity index (χ0v) is 9.62. The van der Waals surface area contributed by atoms with Crippen LogP contribution in [0.4, 0.5) is 0 Å². The highest BCUT2D eigenvalue weighted by molar-refractivity contribution is 5.69. The largest absolute Gasteiger partial charge is 0.462 e. The minimum atomic E-state index is -0.130. The fourth-order valence-electron chi connectivity index (χ4n) is 1.41. The van der Waals surface area contributed by atoms with E-state index in [1.165, 1.54) is 11.1 Å². The highest BCUT2D eigenvalue weighted by atomic mass is 16.5. The maximum absolute atomic E-state index is 11.0. The number of ether oxygens (including phenoxy) is 1. The van der Waals surface area contributed by atoms with Crippen LogP contribution in [-0.2, 0) is 16.0 Å². The zero-order valence-electron chi connectivity index (χ0n) is 9.62. The Labute approximate surface area is 91.3 Å². The van der Waals surface area contributed by atoms with Crippen LogP contribution < -0.4 is 0 Å². The Bertz CT molecular complexity index is 314. The van der Waals surface area contributed by atoms with Crippen molar-refractivity contribution < 1.29 is 9.53 Å². The minimum absolute atomic E-state index is 0.0415. The van der Waals surface area contributed by atoms with Crippen LogP contribution in [0.1, 0.15) is 31.4 Å². The first-order valence-corrected chi connectivity index (χ1v) is 5.37. The van der Waals surface area contributed by atoms with Crippen molar-refractivity contribution in [2.75, 3.05) is 0 Å². The van der Waals surface area contributed by atoms with Gasteiger partial charge in [0.2, 0.25) is 0 Å². The van der Waals surface area contributed by atoms with Crippen molar-refractivity contribution in [2.45, 2.75) is 39.7 Å². The van der Waals surface area contributed by atoms with Gasteiger partial charge in [0.1, 0.15) is 6.10 Å². The number of carbonyl (C=O) groups excluding carboxylic acids is 1. The van der Waals surface area contributed by atoms with Gasteiger partial charge in [-0.05, 0) is 19.4 Å². The van der Waals surface area contributed by atoms with Crippen LogP contribution in [0.2, 0.25) is 0 Å². The molecule has 0 aromatic heterocycles. The van der Waals surface area contributed by atoms with Crippen LogP contribution in [0.25, 0.3) is 0 Å². The number of benzene rings is 1. The van der Waals surface area contributed by atoms with Crippen LogP contribution in [0.5, 0.6) is 0 Å². The number of hydrogen-bond acceptors (Lipinski definition) is 2. The summed E-state index contributed by atoms with van der Waals surface area (Å²) in [6, 6.07) is 8.30. The number of esters is 1. The van der Waals surface area contributed by atoms with E-state index in [1.54, 1.807) is 6.92 Å². The van der Waals surface area contributed by atoms with Gasteiger partial charge in [0.15, 0.2) is 0 Å². The summed E-state index contributed by atoms with van der Waals surface area (Å²) in [5.74, 6) is -0.130. The predicted octanol–water partition coefficient (Wildman–Crippen LogP) is 2.88. The van der Waals surface area contributed by atoms with Gasteiger partial charge in [-0.25, -0.2) is 0 Å². The van der Waals surface area contributed by atoms with E-state index in [4.69, 9.17) is 4.74 Å². The van der Waals surface area contributed by atoms with Crippen molar-refractivity contribution in [1.29, 1.82) is 0 Å². The lowest BCUT2D eigenvalue weighted by Gasteiger charge is -2.12. The maximum atomic E-state index is 11.0. The molecule has 2 nitrogen and oxygen atoms in total. The van der Waals surface area contributed by atoms with Crippen molar-refractivity contribution in [3.63, 3.8) is 0 Å². The molecule has 0 heterocycles. The third-order valence-corrected chi connectivity index (χ3v) is 2.27. The highest BCUT2D eigenvalue weighted by Gasteiger charge is 2.07. The molecule has 0 fully saturated rings. The molecular formula is C13H18O2. The monoisotopic (exact) mass is 206 g/mol. The van der Waals surface area contributed by atoms with Crippen LogP contribution in [0, 0.1) is 6.92 Å². The fraction of sp³-hybridized carbons (Fsp3) is 0.462. The lowest BCUT2D eigenvalue weighted by Crippen LogP contribution is -2.16. The summed E-state index contributed by atoms with van der Waals surface area (Å²) >= 11 is 0. The van der Waals surface area contributed by atoms with Crippen LogP contribution >= 0.6 is 0 Å². The lowest BCUT2D eigenvalue weighted by molar-refractivity contribution is -0.147. The van der Waals surface area contributed by atoms with E-state index >= 15 is 0 Å². The second-order valence-corrected chi connectivity index (χ2v) is 3.84. The Kier molecular flexibility index (Phi) is 4.35. The summed E-state index contributed by atoms with van der Waals surface area (Å²) in [5, 5.41) is 0. The van der Waals surface area contributed by atoms with E-state index in [9.17, 15) is 4.79 Å². The smallest absolute Gasteiger partial charge is 0.305 e. The van der Waals surface area contributed by atoms with Crippen LogP contribution in [-0.4, -0.2) is 12.1 Å². The third-order valence-electron chi connectivity index (χ3n) is 2.27. The van der Waals surface area contributed by atoms with Gasteiger partial charge in [-0.3, -0.25) is 4.79 Å². The molecule has 1 aromatic carbocycles. The van der Waals surface area contributed by atoms with Gasteiger partial charge < -0.3 is 4.74 Å². The highest BCUT2D eigenvalue weighted by Crippen LogP contribution is 2.08. The Hall–Kier alpha value is -1.31. The maximum Gasteiger partial charge on any atom is 0.305 e. The van der Waals surface area contributed by atoms with E-state index < -0.39 is 0 Å². The van der Waals surface area contributed by atoms with Gasteiger partial charge in [0.05, 0.1) is 0 Å². The minimum Gasteiger partial charge on any atom is -0.462 e. The molecule has 2 heteroatoms. The van der Waals surface area contributed by atoms with E-state index in [0.717, 1.165) is 6.42 Å². The standard InChI is InChI=1S/C13H18O2/c1-4-13(14)15-11(3)9-12-7-5-10(2)6-8-12/h5-8,11H,4,9H2,1-3H3. The fourth-order valence-corrected chi connectivity index (χ4v) is 1.41. The van der Waals surface area contributed by atoms with Crippen LogP contribution in [0.3, 0.4) is 0 Å². The molecule has 0 N–H and O–H groups in total. The molecule has 1 aromatic rings. The Balaban J connectivity index is 2.47. The Morgan fingerprint density at radius 2 is 1.93 bits per heavy atom. The topological polar surface area (TPSA) is 26.3 Å². The van der Waals surface area contributed by atoms with Gasteiger partial charge in [0, 0.05) is 12.8 Å². The average molecular weight is 206 g/mol. The normalized spacial score (nSPS) is 12.2. The van der Waals surface area contributed by atoms with E-state index in [0.29, 0.717) is 6.42 Å². The molecule has 1 rings (SSSR count). The van der Waals surface area contributed by atoms with Crippen molar-refractivity contribution >= 4 is 5.97 Å². The summed E-state index contributed by atoms with van der Waals surface area (Å²) < 4.78 is 5.19. The number of rotatable bonds is 4. The first kappa shape index (κ1) is 11.8. The van der Waals surface area contributed by atoms with Crippen molar-refractivity contribution in [3.05, 3.63) is 35.4 Å². The van der Waals surface area contributed by atoms with Crippen molar-refractivity contribution in [3.8, 4) is 0 Å². The molecule has 0 radical (unpaired) electrons. The first-order valence-electron chi connectivity index (χ1n) is 5.37. The van der Waals surface area contributed by atoms with E-state index in [1.807, 2.05) is 6.92 Å². The van der Waals surface area contributed by atoms with E-state index in [2.05, 4.69) is 31.2 Å². The molecular weight excluding hydrogens is 188 g/mol. The third kappa shape index (κ3) is 4.15. The van der Waals surface area contributed by atoms with Crippen molar-refractivity contribution in [2.24, 2.45) is 0 Å². The summed E-state index contributed by atoms with van der Waals surface area (Å²) in [5.41, 5.74) is 2.45. The Morgan fingerprint density at radius 1 is 1.33 bits per heavy atom. The number of carbonyl (C=O) groups is 1. The molecule has 1 unspecified atom stereocenters. The van der Waals surface area contributed by atoms with Crippen LogP contribution in [0.15, 0.2) is 24.3 Å². The summed E-state index contributed by atoms with van der Waals surface area (Å²) in [6.45, 7) is 5.79. The molecule has 0 bridgehead atoms. The lowest BCUT2D eigenvalue weighted by atomic mass is 10.1. The van der Waals surface area contributed by atoms with E-state index in [-0.39, 0.29) is 12.1 Å². The predicted molar refractivity (Wildman–Crippen MR) is 60.7 cm³/mol. The first-order chi connectivity index (χ1) is 7.11. The molecule has 1 atom stereocenters. The summed E-state index contributed by atoms with van der Waals surface area (Å²) in [6.07, 6.45) is 1.18. The molecule has 82 valence electrons.